The van der Waals surface area contributed by atoms with Gasteiger partial charge in [0.05, 0.1) is 0 Å². The van der Waals surface area contributed by atoms with E-state index in [2.05, 4.69) is 0 Å². The van der Waals surface area contributed by atoms with Gasteiger partial charge in [0.25, 0.3) is 0 Å². The average molecular weight is 319 g/mol. The average Bonchev–Trinajstić information content (AvgIpc) is 2.11. The fraction of sp³-hybridized carbons (Fsp3) is 1.00. The number of hydrogen-bond acceptors (Lipinski definition) is 0. The quantitative estimate of drug-likeness (QED) is 0.488. The van der Waals surface area contributed by atoms with Gasteiger partial charge in [0.1, 0.15) is 0 Å². The van der Waals surface area contributed by atoms with Crippen molar-refractivity contribution in [1.82, 2.24) is 0 Å². The Morgan fingerprint density at radius 3 is 1.81 bits per heavy atom. The van der Waals surface area contributed by atoms with E-state index in [0.717, 1.165) is 15.9 Å². The van der Waals surface area contributed by atoms with E-state index >= 15 is 0 Å². The molecule has 0 spiro atoms. The summed E-state index contributed by atoms with van der Waals surface area (Å²) in [6.07, 6.45) is -3.97. The monoisotopic (exact) mass is 318 g/mol. The van der Waals surface area contributed by atoms with Crippen molar-refractivity contribution in [2.45, 2.75) is 49.0 Å². The van der Waals surface area contributed by atoms with Gasteiger partial charge in [-0.05, 0) is 22.4 Å². The van der Waals surface area contributed by atoms with Gasteiger partial charge in [-0.2, -0.15) is 26.3 Å². The molecule has 0 bridgehead atoms. The van der Waals surface area contributed by atoms with E-state index in [1.54, 1.807) is 0 Å². The summed E-state index contributed by atoms with van der Waals surface area (Å²) >= 11 is 1.14. The largest absolute Gasteiger partial charge is 0.385 e. The molecule has 98 valence electrons. The summed E-state index contributed by atoms with van der Waals surface area (Å²) in [5.74, 6) is -11.2. The predicted molar refractivity (Wildman–Crippen MR) is 48.2 cm³/mol. The zero-order chi connectivity index (χ0) is 13.2. The summed E-state index contributed by atoms with van der Waals surface area (Å²) in [5, 5.41) is 0. The summed E-state index contributed by atoms with van der Waals surface area (Å²) in [6.45, 7) is 1.53. The predicted octanol–water partition coefficient (Wildman–Crippen LogP) is 4.77. The zero-order valence-electron chi connectivity index (χ0n) is 8.22. The van der Waals surface area contributed by atoms with Gasteiger partial charge in [-0.3, -0.25) is 0 Å². The van der Waals surface area contributed by atoms with Gasteiger partial charge in [0, 0.05) is 0 Å². The highest BCUT2D eigenvalue weighted by atomic mass is 79.9. The molecule has 1 unspecified atom stereocenters. The second-order valence-corrected chi connectivity index (χ2v) is 4.30. The highest BCUT2D eigenvalue weighted by Crippen LogP contribution is 2.51. The van der Waals surface area contributed by atoms with E-state index in [9.17, 15) is 30.7 Å². The minimum atomic E-state index is -5.77. The first-order chi connectivity index (χ1) is 6.98. The van der Waals surface area contributed by atoms with Crippen molar-refractivity contribution in [3.8, 4) is 0 Å². The normalized spacial score (nSPS) is 16.3. The van der Waals surface area contributed by atoms with Crippen molar-refractivity contribution in [2.24, 2.45) is 0 Å². The fourth-order valence-corrected chi connectivity index (χ4v) is 1.21. The van der Waals surface area contributed by atoms with Gasteiger partial charge in [-0.1, -0.05) is 19.8 Å². The van der Waals surface area contributed by atoms with E-state index in [1.807, 2.05) is 0 Å². The number of halogens is 8. The highest BCUT2D eigenvalue weighted by molar-refractivity contribution is 9.10. The highest BCUT2D eigenvalue weighted by Gasteiger charge is 2.73. The van der Waals surface area contributed by atoms with Gasteiger partial charge < -0.3 is 0 Å². The lowest BCUT2D eigenvalue weighted by Gasteiger charge is -2.31. The lowest BCUT2D eigenvalue weighted by Crippen LogP contribution is -2.56. The van der Waals surface area contributed by atoms with Gasteiger partial charge in [-0.25, -0.2) is 4.39 Å². The summed E-state index contributed by atoms with van der Waals surface area (Å²) in [7, 11) is 0. The summed E-state index contributed by atoms with van der Waals surface area (Å²) < 4.78 is 88.0. The van der Waals surface area contributed by atoms with Crippen LogP contribution in [0.15, 0.2) is 0 Å². The standard InChI is InChI=1S/C8H10BrF7/c1-2-3-4-5(10)6(11,12)7(13,14)8(9,15)16/h5H,2-4H2,1H3. The lowest BCUT2D eigenvalue weighted by atomic mass is 10.0. The molecule has 0 fully saturated rings. The van der Waals surface area contributed by atoms with Gasteiger partial charge in [0.2, 0.25) is 0 Å². The van der Waals surface area contributed by atoms with E-state index < -0.39 is 29.3 Å². The van der Waals surface area contributed by atoms with Gasteiger partial charge in [-0.15, -0.1) is 0 Å². The van der Waals surface area contributed by atoms with Crippen molar-refractivity contribution < 1.29 is 30.7 Å². The van der Waals surface area contributed by atoms with E-state index in [0.29, 0.717) is 6.42 Å². The Balaban J connectivity index is 4.89. The lowest BCUT2D eigenvalue weighted by molar-refractivity contribution is -0.294. The fourth-order valence-electron chi connectivity index (χ4n) is 0.950. The van der Waals surface area contributed by atoms with Crippen molar-refractivity contribution in [3.05, 3.63) is 0 Å². The molecule has 0 nitrogen and oxygen atoms in total. The van der Waals surface area contributed by atoms with Crippen molar-refractivity contribution >= 4 is 15.9 Å². The third-order valence-electron chi connectivity index (χ3n) is 1.98. The maximum absolute atomic E-state index is 12.8. The molecule has 0 amide bonds. The van der Waals surface area contributed by atoms with Crippen LogP contribution in [0.25, 0.3) is 0 Å². The Bertz CT molecular complexity index is 223. The minimum absolute atomic E-state index is 0.0826. The minimum Gasteiger partial charge on any atom is -0.241 e. The Kier molecular flexibility index (Phi) is 5.09. The molecule has 16 heavy (non-hydrogen) atoms. The molecule has 0 N–H and O–H groups in total. The first kappa shape index (κ1) is 16.0. The molecule has 0 saturated carbocycles. The van der Waals surface area contributed by atoms with Crippen LogP contribution in [0.2, 0.25) is 0 Å². The number of unbranched alkanes of at least 4 members (excludes halogenated alkanes) is 1. The van der Waals surface area contributed by atoms with Crippen LogP contribution < -0.4 is 0 Å². The van der Waals surface area contributed by atoms with E-state index in [-0.39, 0.29) is 6.42 Å². The molecule has 8 heteroatoms. The number of hydrogen-bond donors (Lipinski definition) is 0. The van der Waals surface area contributed by atoms with Crippen molar-refractivity contribution in [3.63, 3.8) is 0 Å². The molecule has 0 saturated heterocycles. The van der Waals surface area contributed by atoms with E-state index in [1.165, 1.54) is 6.92 Å². The van der Waals surface area contributed by atoms with Crippen LogP contribution >= 0.6 is 15.9 Å². The topological polar surface area (TPSA) is 0 Å². The first-order valence-corrected chi connectivity index (χ1v) is 5.24. The molecule has 0 aromatic carbocycles. The third-order valence-corrected chi connectivity index (χ3v) is 2.48. The molecule has 0 radical (unpaired) electrons. The van der Waals surface area contributed by atoms with Crippen LogP contribution in [0.3, 0.4) is 0 Å². The summed E-state index contributed by atoms with van der Waals surface area (Å²) in [4.78, 5) is -5.15. The molecule has 0 aliphatic rings. The molecule has 1 atom stereocenters. The molecule has 0 aliphatic carbocycles. The number of alkyl halides is 8. The van der Waals surface area contributed by atoms with Crippen molar-refractivity contribution in [2.75, 3.05) is 0 Å². The smallest absolute Gasteiger partial charge is 0.241 e. The van der Waals surface area contributed by atoms with Crippen LogP contribution in [-0.4, -0.2) is 22.8 Å². The van der Waals surface area contributed by atoms with E-state index in [4.69, 9.17) is 0 Å². The Morgan fingerprint density at radius 1 is 1.06 bits per heavy atom. The van der Waals surface area contributed by atoms with Crippen LogP contribution in [0.5, 0.6) is 0 Å². The van der Waals surface area contributed by atoms with Gasteiger partial charge >= 0.3 is 16.7 Å². The Hall–Kier alpha value is -0.0100. The molecule has 0 aromatic heterocycles. The second-order valence-electron chi connectivity index (χ2n) is 3.30. The van der Waals surface area contributed by atoms with Crippen LogP contribution in [0.4, 0.5) is 30.7 Å². The molecule has 0 rings (SSSR count). The second kappa shape index (κ2) is 5.10. The molecular formula is C8H10BrF7. The SMILES string of the molecule is CCCCC(F)C(F)(F)C(F)(F)C(F)(F)Br. The first-order valence-electron chi connectivity index (χ1n) is 4.45. The molecule has 0 aromatic rings. The summed E-state index contributed by atoms with van der Waals surface area (Å²) in [5.41, 5.74) is 0. The zero-order valence-corrected chi connectivity index (χ0v) is 9.81. The molecular weight excluding hydrogens is 309 g/mol. The van der Waals surface area contributed by atoms with Crippen LogP contribution in [0.1, 0.15) is 26.2 Å². The van der Waals surface area contributed by atoms with Crippen molar-refractivity contribution in [1.29, 1.82) is 0 Å². The molecule has 0 heterocycles. The van der Waals surface area contributed by atoms with Crippen LogP contribution in [-0.2, 0) is 0 Å². The maximum Gasteiger partial charge on any atom is 0.385 e. The maximum atomic E-state index is 12.8. The number of rotatable bonds is 6. The Morgan fingerprint density at radius 2 is 1.50 bits per heavy atom. The van der Waals surface area contributed by atoms with Crippen LogP contribution in [0, 0.1) is 0 Å². The summed E-state index contributed by atoms with van der Waals surface area (Å²) in [6, 6.07) is 0. The Labute approximate surface area is 96.3 Å². The van der Waals surface area contributed by atoms with Gasteiger partial charge in [0.15, 0.2) is 6.17 Å². The molecule has 0 aliphatic heterocycles. The third kappa shape index (κ3) is 3.01.